The maximum Gasteiger partial charge on any atom is 0.316 e. The zero-order valence-electron chi connectivity index (χ0n) is 9.76. The van der Waals surface area contributed by atoms with E-state index in [0.717, 1.165) is 19.3 Å². The molecule has 0 rings (SSSR count). The maximum absolute atomic E-state index is 11.2. The lowest BCUT2D eigenvalue weighted by Crippen LogP contribution is -2.49. The van der Waals surface area contributed by atoms with Crippen molar-refractivity contribution < 1.29 is 4.79 Å². The summed E-state index contributed by atoms with van der Waals surface area (Å²) in [6.45, 7) is 4.64. The molecular formula is C10H23N3O. The first kappa shape index (κ1) is 13.2. The molecule has 2 amide bonds. The van der Waals surface area contributed by atoms with Crippen molar-refractivity contribution in [3.05, 3.63) is 0 Å². The summed E-state index contributed by atoms with van der Waals surface area (Å²) in [5, 5.41) is 2.79. The van der Waals surface area contributed by atoms with Gasteiger partial charge in [0.15, 0.2) is 0 Å². The number of nitrogens with two attached hydrogens (primary N) is 1. The highest BCUT2D eigenvalue weighted by Gasteiger charge is 2.18. The largest absolute Gasteiger partial charge is 0.336 e. The average Bonchev–Trinajstić information content (AvgIpc) is 2.11. The number of amides is 2. The Balaban J connectivity index is 3.80. The van der Waals surface area contributed by atoms with Crippen LogP contribution in [0.3, 0.4) is 0 Å². The Kier molecular flexibility index (Phi) is 5.53. The number of carbonyl (C=O) groups is 1. The van der Waals surface area contributed by atoms with Gasteiger partial charge in [-0.15, -0.1) is 0 Å². The summed E-state index contributed by atoms with van der Waals surface area (Å²) in [4.78, 5) is 12.7. The van der Waals surface area contributed by atoms with Gasteiger partial charge in [-0.25, -0.2) is 4.79 Å². The fraction of sp³-hybridized carbons (Fsp3) is 0.900. The molecule has 0 radical (unpaired) electrons. The number of carbonyl (C=O) groups excluding carboxylic acids is 1. The van der Waals surface area contributed by atoms with Crippen LogP contribution < -0.4 is 11.1 Å². The van der Waals surface area contributed by atoms with Gasteiger partial charge in [0.05, 0.1) is 0 Å². The number of nitrogens with zero attached hydrogens (tertiary/aromatic N) is 1. The van der Waals surface area contributed by atoms with E-state index in [-0.39, 0.29) is 11.6 Å². The molecule has 84 valence electrons. The van der Waals surface area contributed by atoms with Gasteiger partial charge in [-0.2, -0.15) is 0 Å². The third kappa shape index (κ3) is 5.80. The molecule has 0 aliphatic heterocycles. The van der Waals surface area contributed by atoms with Gasteiger partial charge in [0.25, 0.3) is 0 Å². The summed E-state index contributed by atoms with van der Waals surface area (Å²) in [5.74, 6) is 0. The number of urea groups is 1. The van der Waals surface area contributed by atoms with Gasteiger partial charge in [0.1, 0.15) is 0 Å². The summed E-state index contributed by atoms with van der Waals surface area (Å²) in [6, 6.07) is -0.0850. The summed E-state index contributed by atoms with van der Waals surface area (Å²) in [7, 11) is 3.43. The molecule has 0 heterocycles. The molecule has 0 aromatic rings. The molecular weight excluding hydrogens is 178 g/mol. The molecule has 3 N–H and O–H groups in total. The molecule has 4 nitrogen and oxygen atoms in total. The molecule has 0 aliphatic rings. The second kappa shape index (κ2) is 5.86. The molecule has 4 heteroatoms. The number of nitrogens with one attached hydrogen (secondary N) is 1. The first-order valence-corrected chi connectivity index (χ1v) is 5.13. The van der Waals surface area contributed by atoms with Crippen molar-refractivity contribution in [1.82, 2.24) is 10.2 Å². The minimum Gasteiger partial charge on any atom is -0.336 e. The summed E-state index contributed by atoms with van der Waals surface area (Å²) < 4.78 is 0. The van der Waals surface area contributed by atoms with Crippen LogP contribution in [0, 0.1) is 0 Å². The quantitative estimate of drug-likeness (QED) is 0.701. The number of unbranched alkanes of at least 4 members (excludes halogenated alkanes) is 1. The van der Waals surface area contributed by atoms with Gasteiger partial charge < -0.3 is 16.0 Å². The van der Waals surface area contributed by atoms with Crippen LogP contribution in [0.15, 0.2) is 0 Å². The first-order chi connectivity index (χ1) is 6.39. The van der Waals surface area contributed by atoms with E-state index in [2.05, 4.69) is 12.2 Å². The van der Waals surface area contributed by atoms with Gasteiger partial charge in [0, 0.05) is 26.2 Å². The molecule has 0 spiro atoms. The third-order valence-corrected chi connectivity index (χ3v) is 2.15. The van der Waals surface area contributed by atoms with Gasteiger partial charge >= 0.3 is 6.03 Å². The smallest absolute Gasteiger partial charge is 0.316 e. The van der Waals surface area contributed by atoms with Crippen LogP contribution in [-0.4, -0.2) is 37.1 Å². The molecule has 0 saturated heterocycles. The third-order valence-electron chi connectivity index (χ3n) is 2.15. The molecule has 0 aromatic heterocycles. The summed E-state index contributed by atoms with van der Waals surface area (Å²) >= 11 is 0. The Morgan fingerprint density at radius 1 is 1.50 bits per heavy atom. The van der Waals surface area contributed by atoms with E-state index in [0.29, 0.717) is 6.54 Å². The van der Waals surface area contributed by atoms with E-state index >= 15 is 0 Å². The van der Waals surface area contributed by atoms with E-state index < -0.39 is 0 Å². The molecule has 0 aromatic carbocycles. The van der Waals surface area contributed by atoms with Gasteiger partial charge in [-0.1, -0.05) is 19.8 Å². The van der Waals surface area contributed by atoms with Crippen LogP contribution in [0.4, 0.5) is 4.79 Å². The van der Waals surface area contributed by atoms with E-state index in [4.69, 9.17) is 5.73 Å². The lowest BCUT2D eigenvalue weighted by molar-refractivity contribution is 0.213. The zero-order valence-corrected chi connectivity index (χ0v) is 9.76. The molecule has 14 heavy (non-hydrogen) atoms. The van der Waals surface area contributed by atoms with Crippen LogP contribution in [-0.2, 0) is 0 Å². The van der Waals surface area contributed by atoms with Crippen LogP contribution >= 0.6 is 0 Å². The van der Waals surface area contributed by atoms with Crippen molar-refractivity contribution in [1.29, 1.82) is 0 Å². The van der Waals surface area contributed by atoms with E-state index in [1.165, 1.54) is 4.90 Å². The highest BCUT2D eigenvalue weighted by Crippen LogP contribution is 2.09. The Bertz CT molecular complexity index is 178. The molecule has 0 saturated carbocycles. The highest BCUT2D eigenvalue weighted by molar-refractivity contribution is 5.73. The van der Waals surface area contributed by atoms with Crippen LogP contribution in [0.1, 0.15) is 33.1 Å². The molecule has 0 aliphatic carbocycles. The molecule has 1 unspecified atom stereocenters. The van der Waals surface area contributed by atoms with Gasteiger partial charge in [-0.05, 0) is 13.3 Å². The second-order valence-corrected chi connectivity index (χ2v) is 4.31. The summed E-state index contributed by atoms with van der Waals surface area (Å²) in [5.41, 5.74) is 5.73. The van der Waals surface area contributed by atoms with Crippen molar-refractivity contribution in [3.8, 4) is 0 Å². The SMILES string of the molecule is CCCCC(C)(N)CNC(=O)N(C)C. The van der Waals surface area contributed by atoms with Crippen molar-refractivity contribution in [2.45, 2.75) is 38.6 Å². The molecule has 0 bridgehead atoms. The number of rotatable bonds is 5. The fourth-order valence-corrected chi connectivity index (χ4v) is 1.10. The minimum absolute atomic E-state index is 0.0850. The Labute approximate surface area is 86.8 Å². The van der Waals surface area contributed by atoms with Crippen LogP contribution in [0.25, 0.3) is 0 Å². The summed E-state index contributed by atoms with van der Waals surface area (Å²) in [6.07, 6.45) is 3.18. The predicted molar refractivity (Wildman–Crippen MR) is 59.2 cm³/mol. The van der Waals surface area contributed by atoms with E-state index in [1.54, 1.807) is 14.1 Å². The minimum atomic E-state index is -0.290. The first-order valence-electron chi connectivity index (χ1n) is 5.13. The molecule has 1 atom stereocenters. The highest BCUT2D eigenvalue weighted by atomic mass is 16.2. The van der Waals surface area contributed by atoms with Crippen molar-refractivity contribution >= 4 is 6.03 Å². The lowest BCUT2D eigenvalue weighted by Gasteiger charge is -2.25. The Hall–Kier alpha value is -0.770. The van der Waals surface area contributed by atoms with E-state index in [1.807, 2.05) is 6.92 Å². The van der Waals surface area contributed by atoms with Crippen molar-refractivity contribution in [2.24, 2.45) is 5.73 Å². The average molecular weight is 201 g/mol. The molecule has 0 fully saturated rings. The Morgan fingerprint density at radius 2 is 2.07 bits per heavy atom. The monoisotopic (exact) mass is 201 g/mol. The van der Waals surface area contributed by atoms with E-state index in [9.17, 15) is 4.79 Å². The maximum atomic E-state index is 11.2. The van der Waals surface area contributed by atoms with Gasteiger partial charge in [0.2, 0.25) is 0 Å². The van der Waals surface area contributed by atoms with Crippen molar-refractivity contribution in [3.63, 3.8) is 0 Å². The topological polar surface area (TPSA) is 58.4 Å². The standard InChI is InChI=1S/C10H23N3O/c1-5-6-7-10(2,11)8-12-9(14)13(3)4/h5-8,11H2,1-4H3,(H,12,14). The van der Waals surface area contributed by atoms with Gasteiger partial charge in [-0.3, -0.25) is 0 Å². The predicted octanol–water partition coefficient (Wildman–Crippen LogP) is 1.17. The second-order valence-electron chi connectivity index (χ2n) is 4.31. The fourth-order valence-electron chi connectivity index (χ4n) is 1.10. The van der Waals surface area contributed by atoms with Crippen LogP contribution in [0.2, 0.25) is 0 Å². The number of hydrogen-bond acceptors (Lipinski definition) is 2. The number of hydrogen-bond donors (Lipinski definition) is 2. The normalized spacial score (nSPS) is 14.6. The Morgan fingerprint density at radius 3 is 2.50 bits per heavy atom. The lowest BCUT2D eigenvalue weighted by atomic mass is 9.96. The van der Waals surface area contributed by atoms with Crippen LogP contribution in [0.5, 0.6) is 0 Å². The van der Waals surface area contributed by atoms with Crippen molar-refractivity contribution in [2.75, 3.05) is 20.6 Å². The zero-order chi connectivity index (χ0) is 11.2.